The van der Waals surface area contributed by atoms with E-state index in [2.05, 4.69) is 79.8 Å². The summed E-state index contributed by atoms with van der Waals surface area (Å²) < 4.78 is 14.9. The molecule has 1 aliphatic rings. The lowest BCUT2D eigenvalue weighted by atomic mass is 9.99. The predicted octanol–water partition coefficient (Wildman–Crippen LogP) is 11.0. The molecule has 5 aromatic carbocycles. The van der Waals surface area contributed by atoms with Crippen molar-refractivity contribution in [3.63, 3.8) is 0 Å². The molecule has 0 fully saturated rings. The van der Waals surface area contributed by atoms with E-state index in [1.807, 2.05) is 12.1 Å². The third-order valence-corrected chi connectivity index (χ3v) is 12.3. The molecule has 0 saturated heterocycles. The number of ether oxygens (including phenoxy) is 2. The van der Waals surface area contributed by atoms with E-state index in [-0.39, 0.29) is 59.1 Å². The molecular formula is C50H43N7O8S. The molecule has 0 unspecified atom stereocenters. The van der Waals surface area contributed by atoms with Crippen LogP contribution in [0.4, 0.5) is 29.0 Å². The lowest BCUT2D eigenvalue weighted by Gasteiger charge is -2.10. The van der Waals surface area contributed by atoms with E-state index in [1.54, 1.807) is 35.6 Å². The van der Waals surface area contributed by atoms with Gasteiger partial charge in [0.15, 0.2) is 0 Å². The normalized spacial score (nSPS) is 15.0. The van der Waals surface area contributed by atoms with Crippen molar-refractivity contribution in [2.45, 2.75) is 51.4 Å². The minimum absolute atomic E-state index is 0.0763. The number of hydrogen-bond donors (Lipinski definition) is 4. The fraction of sp³-hybridized carbons (Fsp3) is 0.200. The van der Waals surface area contributed by atoms with Gasteiger partial charge in [0, 0.05) is 56.3 Å². The van der Waals surface area contributed by atoms with Crippen LogP contribution in [0.1, 0.15) is 72.1 Å². The zero-order chi connectivity index (χ0) is 45.6. The highest BCUT2D eigenvalue weighted by atomic mass is 32.1. The van der Waals surface area contributed by atoms with Crippen molar-refractivity contribution in [1.82, 2.24) is 9.97 Å². The average molecular weight is 902 g/mol. The molecule has 10 bridgehead atoms. The number of pyridine rings is 2. The largest absolute Gasteiger partial charge is 0.494 e. The first-order valence-corrected chi connectivity index (χ1v) is 22.5. The number of amides is 4. The maximum atomic E-state index is 13.4. The van der Waals surface area contributed by atoms with Gasteiger partial charge in [-0.3, -0.25) is 29.3 Å². The van der Waals surface area contributed by atoms with Crippen molar-refractivity contribution < 1.29 is 33.6 Å². The zero-order valence-electron chi connectivity index (χ0n) is 35.6. The minimum Gasteiger partial charge on any atom is -0.494 e. The van der Waals surface area contributed by atoms with Crippen LogP contribution in [0.3, 0.4) is 0 Å². The second-order valence-electron chi connectivity index (χ2n) is 15.9. The summed E-state index contributed by atoms with van der Waals surface area (Å²) in [5.74, 6) is 0.0534. The lowest BCUT2D eigenvalue weighted by Crippen LogP contribution is -2.18. The van der Waals surface area contributed by atoms with Crippen LogP contribution in [-0.4, -0.2) is 51.7 Å². The van der Waals surface area contributed by atoms with E-state index < -0.39 is 22.4 Å². The van der Waals surface area contributed by atoms with E-state index in [1.165, 1.54) is 38.4 Å². The van der Waals surface area contributed by atoms with Gasteiger partial charge < -0.3 is 30.7 Å². The summed E-state index contributed by atoms with van der Waals surface area (Å²) in [4.78, 5) is 72.3. The average Bonchev–Trinajstić information content (AvgIpc) is 3.71. The first-order valence-electron chi connectivity index (χ1n) is 21.7. The van der Waals surface area contributed by atoms with E-state index in [0.29, 0.717) is 26.1 Å². The molecule has 9 rings (SSSR count). The molecule has 1 aliphatic heterocycles. The molecule has 0 aliphatic carbocycles. The zero-order valence-corrected chi connectivity index (χ0v) is 36.4. The fourth-order valence-electron chi connectivity index (χ4n) is 7.96. The maximum Gasteiger partial charge on any atom is 0.271 e. The van der Waals surface area contributed by atoms with Crippen LogP contribution in [0.15, 0.2) is 115 Å². The molecule has 16 heteroatoms. The number of carbonyl (C=O) groups excluding carboxylic acids is 4. The van der Waals surface area contributed by atoms with Crippen LogP contribution < -0.4 is 30.7 Å². The Hall–Kier alpha value is -7.98. The number of rotatable bonds is 1. The highest BCUT2D eigenvalue weighted by molar-refractivity contribution is 7.26. The van der Waals surface area contributed by atoms with Crippen LogP contribution in [-0.2, 0) is 9.59 Å². The number of carbonyl (C=O) groups is 4. The van der Waals surface area contributed by atoms with Crippen molar-refractivity contribution in [2.24, 2.45) is 0 Å². The molecule has 4 heterocycles. The summed E-state index contributed by atoms with van der Waals surface area (Å²) in [7, 11) is 0. The molecule has 0 radical (unpaired) electrons. The molecule has 8 aromatic rings. The standard InChI is InChI=1S/C50H43N7O8S/c58-45-13-3-1-5-23-64-35-19-15-30-17-21-39-47(37(30)28-35)48-38-29-36(20-16-31(38)18-22-40(48)66-39)65-24-6-2-4-14-46(59)54-42-10-8-12-44(52-42)56-50(61)33-25-32(26-34(27-33)57(62)63)49(60)55-43-11-7-9-41(51-43)53-45/h7-12,15-22,25-29H,1-6,13-14,23-24H2,(H2,51,53,55,58,60)(H2,52,54,56,59,61). The van der Waals surface area contributed by atoms with Crippen molar-refractivity contribution in [2.75, 3.05) is 34.5 Å². The fourth-order valence-corrected chi connectivity index (χ4v) is 9.10. The first-order chi connectivity index (χ1) is 32.1. The molecule has 4 N–H and O–H groups in total. The third-order valence-electron chi connectivity index (χ3n) is 11.2. The maximum absolute atomic E-state index is 13.4. The van der Waals surface area contributed by atoms with Gasteiger partial charge in [-0.15, -0.1) is 11.3 Å². The molecule has 3 aromatic heterocycles. The van der Waals surface area contributed by atoms with Gasteiger partial charge in [-0.2, -0.15) is 0 Å². The summed E-state index contributed by atoms with van der Waals surface area (Å²) in [5.41, 5.74) is -0.847. The Bertz CT molecular complexity index is 3010. The Morgan fingerprint density at radius 1 is 0.515 bits per heavy atom. The smallest absolute Gasteiger partial charge is 0.271 e. The van der Waals surface area contributed by atoms with Gasteiger partial charge in [0.05, 0.1) is 18.1 Å². The van der Waals surface area contributed by atoms with E-state index in [4.69, 9.17) is 9.47 Å². The first kappa shape index (κ1) is 43.3. The van der Waals surface area contributed by atoms with Gasteiger partial charge in [0.2, 0.25) is 11.8 Å². The van der Waals surface area contributed by atoms with Crippen LogP contribution in [0, 0.1) is 10.1 Å². The Labute approximate surface area is 381 Å². The number of fused-ring (bicyclic) bond motifs is 8. The monoisotopic (exact) mass is 901 g/mol. The second-order valence-corrected chi connectivity index (χ2v) is 17.0. The van der Waals surface area contributed by atoms with Crippen molar-refractivity contribution in [3.05, 3.63) is 137 Å². The SMILES string of the molecule is O=C1CCCCCOc2ccc3ccc4sc5ccc6ccc(cc6c5c4c3c2)OCCCCCC(=O)Nc2cccc(n2)NC(=O)c2cc(cc([N+](=O)[O-])c2)C(=O)Nc2cccc(n2)N1. The number of nitro groups is 1. The number of anilines is 4. The molecule has 4 amide bonds. The Kier molecular flexibility index (Phi) is 12.7. The number of thiophene rings is 1. The number of non-ortho nitro benzene ring substituents is 1. The van der Waals surface area contributed by atoms with Crippen LogP contribution >= 0.6 is 11.3 Å². The van der Waals surface area contributed by atoms with Gasteiger partial charge in [0.25, 0.3) is 17.5 Å². The second kappa shape index (κ2) is 19.4. The highest BCUT2D eigenvalue weighted by Crippen LogP contribution is 2.43. The van der Waals surface area contributed by atoms with E-state index in [0.717, 1.165) is 70.9 Å². The summed E-state index contributed by atoms with van der Waals surface area (Å²) in [6.07, 6.45) is 4.70. The van der Waals surface area contributed by atoms with E-state index >= 15 is 0 Å². The Morgan fingerprint density at radius 2 is 0.955 bits per heavy atom. The molecule has 15 nitrogen and oxygen atoms in total. The van der Waals surface area contributed by atoms with Gasteiger partial charge in [-0.1, -0.05) is 36.4 Å². The number of benzene rings is 5. The topological polar surface area (TPSA) is 204 Å². The summed E-state index contributed by atoms with van der Waals surface area (Å²) >= 11 is 1.76. The number of nitrogens with one attached hydrogen (secondary N) is 4. The number of aromatic nitrogens is 2. The lowest BCUT2D eigenvalue weighted by molar-refractivity contribution is -0.384. The highest BCUT2D eigenvalue weighted by Gasteiger charge is 2.20. The molecule has 66 heavy (non-hydrogen) atoms. The van der Waals surface area contributed by atoms with Gasteiger partial charge in [0.1, 0.15) is 34.8 Å². The van der Waals surface area contributed by atoms with Gasteiger partial charge in [-0.05, 0) is 127 Å². The molecule has 0 spiro atoms. The predicted molar refractivity (Wildman–Crippen MR) is 257 cm³/mol. The number of nitro benzene ring substituents is 1. The molecule has 0 atom stereocenters. The van der Waals surface area contributed by atoms with Crippen molar-refractivity contribution >= 4 is 106 Å². The molecule has 0 saturated carbocycles. The van der Waals surface area contributed by atoms with E-state index in [9.17, 15) is 29.3 Å². The summed E-state index contributed by atoms with van der Waals surface area (Å²) in [6, 6.07) is 33.7. The Morgan fingerprint density at radius 3 is 1.41 bits per heavy atom. The number of hydrogen-bond acceptors (Lipinski definition) is 11. The minimum atomic E-state index is -0.770. The summed E-state index contributed by atoms with van der Waals surface area (Å²) in [6.45, 7) is 0.963. The van der Waals surface area contributed by atoms with Crippen LogP contribution in [0.25, 0.3) is 41.7 Å². The summed E-state index contributed by atoms with van der Waals surface area (Å²) in [5, 5.41) is 29.4. The van der Waals surface area contributed by atoms with Crippen LogP contribution in [0.5, 0.6) is 11.5 Å². The molecular weight excluding hydrogens is 859 g/mol. The van der Waals surface area contributed by atoms with Gasteiger partial charge in [-0.25, -0.2) is 9.97 Å². The Balaban J connectivity index is 0.942. The van der Waals surface area contributed by atoms with Gasteiger partial charge >= 0.3 is 0 Å². The quantitative estimate of drug-likeness (QED) is 0.0906. The van der Waals surface area contributed by atoms with Crippen LogP contribution in [0.2, 0.25) is 0 Å². The molecule has 332 valence electrons. The van der Waals surface area contributed by atoms with Crippen molar-refractivity contribution in [1.29, 1.82) is 0 Å². The number of nitrogens with zero attached hydrogens (tertiary/aromatic N) is 3. The third kappa shape index (κ3) is 10.0. The van der Waals surface area contributed by atoms with Crippen molar-refractivity contribution in [3.8, 4) is 11.5 Å².